The average molecular weight is 307 g/mol. The van der Waals surface area contributed by atoms with Crippen LogP contribution in [-0.2, 0) is 20.7 Å². The standard InChI is InChI=1S/C15H14FNO3S/c16-12-2-4-13(5-3-12)17-14(18)9-20-15(19)6-1-11-7-8-21-10-11/h2-5,7-8,10H,1,6,9H2,(H,17,18). The van der Waals surface area contributed by atoms with E-state index in [9.17, 15) is 14.0 Å². The van der Waals surface area contributed by atoms with Gasteiger partial charge < -0.3 is 10.1 Å². The number of thiophene rings is 1. The Kier molecular flexibility index (Phi) is 5.45. The zero-order chi connectivity index (χ0) is 15.1. The minimum Gasteiger partial charge on any atom is -0.456 e. The number of esters is 1. The van der Waals surface area contributed by atoms with Crippen LogP contribution in [0.1, 0.15) is 12.0 Å². The van der Waals surface area contributed by atoms with Gasteiger partial charge in [-0.2, -0.15) is 11.3 Å². The minimum absolute atomic E-state index is 0.237. The maximum absolute atomic E-state index is 12.7. The summed E-state index contributed by atoms with van der Waals surface area (Å²) in [5.41, 5.74) is 1.53. The molecule has 21 heavy (non-hydrogen) atoms. The van der Waals surface area contributed by atoms with Crippen molar-refractivity contribution in [1.29, 1.82) is 0 Å². The molecule has 0 fully saturated rings. The maximum atomic E-state index is 12.7. The molecule has 0 unspecified atom stereocenters. The molecule has 0 spiro atoms. The van der Waals surface area contributed by atoms with Crippen molar-refractivity contribution in [3.05, 3.63) is 52.5 Å². The van der Waals surface area contributed by atoms with E-state index >= 15 is 0 Å². The molecular weight excluding hydrogens is 293 g/mol. The van der Waals surface area contributed by atoms with E-state index in [1.807, 2.05) is 16.8 Å². The molecule has 6 heteroatoms. The summed E-state index contributed by atoms with van der Waals surface area (Å²) in [6, 6.07) is 7.29. The number of halogens is 1. The molecule has 1 N–H and O–H groups in total. The van der Waals surface area contributed by atoms with Crippen molar-refractivity contribution in [2.45, 2.75) is 12.8 Å². The van der Waals surface area contributed by atoms with Crippen molar-refractivity contribution >= 4 is 28.9 Å². The average Bonchev–Trinajstić information content (AvgIpc) is 2.99. The van der Waals surface area contributed by atoms with Gasteiger partial charge in [-0.3, -0.25) is 9.59 Å². The Balaban J connectivity index is 1.68. The van der Waals surface area contributed by atoms with Gasteiger partial charge in [0.05, 0.1) is 0 Å². The summed E-state index contributed by atoms with van der Waals surface area (Å²) in [6.07, 6.45) is 0.836. The van der Waals surface area contributed by atoms with Gasteiger partial charge in [0, 0.05) is 12.1 Å². The lowest BCUT2D eigenvalue weighted by atomic mass is 10.2. The number of hydrogen-bond donors (Lipinski definition) is 1. The molecular formula is C15H14FNO3S. The van der Waals surface area contributed by atoms with Crippen molar-refractivity contribution in [3.8, 4) is 0 Å². The summed E-state index contributed by atoms with van der Waals surface area (Å²) in [6.45, 7) is -0.347. The molecule has 2 rings (SSSR count). The van der Waals surface area contributed by atoms with Crippen LogP contribution in [0.5, 0.6) is 0 Å². The van der Waals surface area contributed by atoms with Crippen molar-refractivity contribution in [2.75, 3.05) is 11.9 Å². The summed E-state index contributed by atoms with van der Waals surface area (Å²) in [7, 11) is 0. The van der Waals surface area contributed by atoms with Crippen molar-refractivity contribution in [2.24, 2.45) is 0 Å². The second-order valence-electron chi connectivity index (χ2n) is 4.35. The fraction of sp³-hybridized carbons (Fsp3) is 0.200. The van der Waals surface area contributed by atoms with E-state index in [1.54, 1.807) is 11.3 Å². The van der Waals surface area contributed by atoms with Gasteiger partial charge in [-0.15, -0.1) is 0 Å². The summed E-state index contributed by atoms with van der Waals surface area (Å²) in [4.78, 5) is 23.0. The Morgan fingerprint density at radius 1 is 1.19 bits per heavy atom. The van der Waals surface area contributed by atoms with Gasteiger partial charge in [0.25, 0.3) is 5.91 Å². The van der Waals surface area contributed by atoms with Gasteiger partial charge in [0.2, 0.25) is 0 Å². The molecule has 0 radical (unpaired) electrons. The number of benzene rings is 1. The molecule has 0 bridgehead atoms. The molecule has 110 valence electrons. The zero-order valence-electron chi connectivity index (χ0n) is 11.2. The highest BCUT2D eigenvalue weighted by molar-refractivity contribution is 7.07. The first kappa shape index (κ1) is 15.2. The molecule has 1 heterocycles. The van der Waals surface area contributed by atoms with Crippen LogP contribution < -0.4 is 5.32 Å². The fourth-order valence-corrected chi connectivity index (χ4v) is 2.33. The number of rotatable bonds is 6. The molecule has 1 aromatic heterocycles. The lowest BCUT2D eigenvalue weighted by molar-refractivity contribution is -0.147. The number of anilines is 1. The normalized spacial score (nSPS) is 10.1. The van der Waals surface area contributed by atoms with Crippen molar-refractivity contribution in [3.63, 3.8) is 0 Å². The first-order valence-electron chi connectivity index (χ1n) is 6.35. The van der Waals surface area contributed by atoms with E-state index < -0.39 is 11.9 Å². The van der Waals surface area contributed by atoms with Crippen LogP contribution >= 0.6 is 11.3 Å². The monoisotopic (exact) mass is 307 g/mol. The Hall–Kier alpha value is -2.21. The van der Waals surface area contributed by atoms with Crippen molar-refractivity contribution < 1.29 is 18.7 Å². The SMILES string of the molecule is O=C(COC(=O)CCc1ccsc1)Nc1ccc(F)cc1. The van der Waals surface area contributed by atoms with Crippen LogP contribution in [0.3, 0.4) is 0 Å². The van der Waals surface area contributed by atoms with Gasteiger partial charge >= 0.3 is 5.97 Å². The maximum Gasteiger partial charge on any atom is 0.306 e. The molecule has 0 aliphatic heterocycles. The Bertz CT molecular complexity index is 596. The summed E-state index contributed by atoms with van der Waals surface area (Å²) in [5.74, 6) is -1.26. The number of ether oxygens (including phenoxy) is 1. The topological polar surface area (TPSA) is 55.4 Å². The van der Waals surface area contributed by atoms with Crippen LogP contribution in [0, 0.1) is 5.82 Å². The van der Waals surface area contributed by atoms with Crippen LogP contribution in [0.4, 0.5) is 10.1 Å². The third-order valence-electron chi connectivity index (χ3n) is 2.69. The molecule has 0 saturated carbocycles. The van der Waals surface area contributed by atoms with Crippen LogP contribution in [0.25, 0.3) is 0 Å². The van der Waals surface area contributed by atoms with Gasteiger partial charge in [0.1, 0.15) is 5.82 Å². The second kappa shape index (κ2) is 7.54. The quantitative estimate of drug-likeness (QED) is 0.835. The lowest BCUT2D eigenvalue weighted by Crippen LogP contribution is -2.21. The number of amides is 1. The van der Waals surface area contributed by atoms with Gasteiger partial charge in [0.15, 0.2) is 6.61 Å². The molecule has 4 nitrogen and oxygen atoms in total. The zero-order valence-corrected chi connectivity index (χ0v) is 12.0. The molecule has 0 saturated heterocycles. The first-order chi connectivity index (χ1) is 10.1. The van der Waals surface area contributed by atoms with E-state index in [1.165, 1.54) is 24.3 Å². The summed E-state index contributed by atoms with van der Waals surface area (Å²) < 4.78 is 17.6. The van der Waals surface area contributed by atoms with Crippen LogP contribution in [0.2, 0.25) is 0 Å². The number of hydrogen-bond acceptors (Lipinski definition) is 4. The predicted octanol–water partition coefficient (Wildman–Crippen LogP) is 3.00. The van der Waals surface area contributed by atoms with Gasteiger partial charge in [-0.1, -0.05) is 0 Å². The van der Waals surface area contributed by atoms with E-state index in [0.29, 0.717) is 12.1 Å². The predicted molar refractivity (Wildman–Crippen MR) is 78.6 cm³/mol. The minimum atomic E-state index is -0.453. The Labute approximate surface area is 125 Å². The fourth-order valence-electron chi connectivity index (χ4n) is 1.63. The van der Waals surface area contributed by atoms with Crippen molar-refractivity contribution in [1.82, 2.24) is 0 Å². The smallest absolute Gasteiger partial charge is 0.306 e. The van der Waals surface area contributed by atoms with Gasteiger partial charge in [-0.25, -0.2) is 4.39 Å². The highest BCUT2D eigenvalue weighted by atomic mass is 32.1. The van der Waals surface area contributed by atoms with E-state index in [0.717, 1.165) is 5.56 Å². The molecule has 1 amide bonds. The molecule has 2 aromatic rings. The number of aryl methyl sites for hydroxylation is 1. The molecule has 0 atom stereocenters. The van der Waals surface area contributed by atoms with E-state index in [-0.39, 0.29) is 18.8 Å². The highest BCUT2D eigenvalue weighted by Crippen LogP contribution is 2.09. The Morgan fingerprint density at radius 3 is 2.62 bits per heavy atom. The lowest BCUT2D eigenvalue weighted by Gasteiger charge is -2.06. The van der Waals surface area contributed by atoms with Crippen LogP contribution in [-0.4, -0.2) is 18.5 Å². The summed E-state index contributed by atoms with van der Waals surface area (Å²) >= 11 is 1.57. The van der Waals surface area contributed by atoms with E-state index in [4.69, 9.17) is 4.74 Å². The van der Waals surface area contributed by atoms with Gasteiger partial charge in [-0.05, 0) is 53.1 Å². The summed E-state index contributed by atoms with van der Waals surface area (Å²) in [5, 5.41) is 6.42. The third kappa shape index (κ3) is 5.35. The van der Waals surface area contributed by atoms with E-state index in [2.05, 4.69) is 5.32 Å². The first-order valence-corrected chi connectivity index (χ1v) is 7.30. The molecule has 1 aromatic carbocycles. The third-order valence-corrected chi connectivity index (χ3v) is 3.42. The number of carbonyl (C=O) groups is 2. The molecule has 0 aliphatic carbocycles. The number of nitrogens with one attached hydrogen (secondary N) is 1. The van der Waals surface area contributed by atoms with Crippen LogP contribution in [0.15, 0.2) is 41.1 Å². The Morgan fingerprint density at radius 2 is 1.95 bits per heavy atom. The molecule has 0 aliphatic rings. The largest absolute Gasteiger partial charge is 0.456 e. The second-order valence-corrected chi connectivity index (χ2v) is 5.13. The highest BCUT2D eigenvalue weighted by Gasteiger charge is 2.08. The number of carbonyl (C=O) groups excluding carboxylic acids is 2.